The normalized spacial score (nSPS) is 12.7. The molecule has 0 radical (unpaired) electrons. The topological polar surface area (TPSA) is 84.6 Å². The highest BCUT2D eigenvalue weighted by Crippen LogP contribution is 2.22. The van der Waals surface area contributed by atoms with Crippen molar-refractivity contribution in [3.63, 3.8) is 0 Å². The van der Waals surface area contributed by atoms with Crippen LogP contribution in [0.4, 0.5) is 0 Å². The van der Waals surface area contributed by atoms with Gasteiger partial charge in [0.15, 0.2) is 0 Å². The number of ether oxygens (including phenoxy) is 1. The van der Waals surface area contributed by atoms with Crippen LogP contribution in [0.25, 0.3) is 11.0 Å². The van der Waals surface area contributed by atoms with E-state index >= 15 is 0 Å². The van der Waals surface area contributed by atoms with Gasteiger partial charge in [-0.15, -0.1) is 0 Å². The summed E-state index contributed by atoms with van der Waals surface area (Å²) in [7, 11) is 0. The number of hydrogen-bond donors (Lipinski definition) is 2. The fourth-order valence-corrected chi connectivity index (χ4v) is 2.30. The lowest BCUT2D eigenvalue weighted by atomic mass is 10.2. The predicted octanol–water partition coefficient (Wildman–Crippen LogP) is 2.21. The van der Waals surface area contributed by atoms with E-state index in [9.17, 15) is 9.90 Å². The first-order valence-corrected chi connectivity index (χ1v) is 7.04. The van der Waals surface area contributed by atoms with Crippen LogP contribution in [0.5, 0.6) is 0 Å². The van der Waals surface area contributed by atoms with Crippen LogP contribution in [0.3, 0.4) is 0 Å². The maximum atomic E-state index is 11.0. The Kier molecular flexibility index (Phi) is 4.93. The summed E-state index contributed by atoms with van der Waals surface area (Å²) < 4.78 is 7.24. The lowest BCUT2D eigenvalue weighted by molar-refractivity contribution is 0.0697. The Morgan fingerprint density at radius 1 is 1.48 bits per heavy atom. The highest BCUT2D eigenvalue weighted by Gasteiger charge is 2.16. The number of fused-ring (bicyclic) bond motifs is 1. The van der Waals surface area contributed by atoms with Crippen LogP contribution in [0.15, 0.2) is 18.2 Å². The monoisotopic (exact) mass is 292 g/mol. The van der Waals surface area contributed by atoms with Crippen molar-refractivity contribution in [1.82, 2.24) is 9.55 Å². The van der Waals surface area contributed by atoms with Crippen molar-refractivity contribution < 1.29 is 19.7 Å². The zero-order valence-electron chi connectivity index (χ0n) is 12.2. The average molecular weight is 292 g/mol. The summed E-state index contributed by atoms with van der Waals surface area (Å²) in [6.07, 6.45) is 0.0949. The zero-order chi connectivity index (χ0) is 15.4. The Balaban J connectivity index is 2.36. The molecular formula is C15H20N2O4. The molecule has 2 N–H and O–H groups in total. The van der Waals surface area contributed by atoms with Gasteiger partial charge in [0.05, 0.1) is 16.6 Å². The van der Waals surface area contributed by atoms with Gasteiger partial charge in [0, 0.05) is 19.8 Å². The lowest BCUT2D eigenvalue weighted by Gasteiger charge is -2.10. The van der Waals surface area contributed by atoms with E-state index in [1.165, 1.54) is 6.07 Å². The molecule has 6 heteroatoms. The minimum absolute atomic E-state index is 0.193. The molecule has 0 aliphatic heterocycles. The second-order valence-corrected chi connectivity index (χ2v) is 4.86. The molecule has 0 aliphatic rings. The maximum absolute atomic E-state index is 11.0. The molecule has 1 aromatic heterocycles. The van der Waals surface area contributed by atoms with Gasteiger partial charge in [-0.2, -0.15) is 0 Å². The number of aromatic carboxylic acids is 1. The fourth-order valence-electron chi connectivity index (χ4n) is 2.30. The number of carbonyl (C=O) groups is 1. The average Bonchev–Trinajstić information content (AvgIpc) is 2.81. The molecule has 114 valence electrons. The van der Waals surface area contributed by atoms with E-state index in [-0.39, 0.29) is 5.56 Å². The molecule has 2 aromatic rings. The molecule has 2 rings (SSSR count). The second kappa shape index (κ2) is 6.69. The number of rotatable bonds is 7. The van der Waals surface area contributed by atoms with Gasteiger partial charge in [-0.1, -0.05) is 0 Å². The molecule has 0 saturated heterocycles. The molecule has 1 heterocycles. The van der Waals surface area contributed by atoms with E-state index in [1.54, 1.807) is 19.1 Å². The Morgan fingerprint density at radius 3 is 2.86 bits per heavy atom. The van der Waals surface area contributed by atoms with E-state index < -0.39 is 12.1 Å². The molecule has 0 fully saturated rings. The van der Waals surface area contributed by atoms with Crippen LogP contribution in [0, 0.1) is 0 Å². The standard InChI is InChI=1S/C15H20N2O4/c1-3-21-8-4-7-17-13-6-5-11(15(19)20)9-12(13)16-14(17)10(2)18/h5-6,9-10,18H,3-4,7-8H2,1-2H3,(H,19,20). The molecule has 0 bridgehead atoms. The third-order valence-corrected chi connectivity index (χ3v) is 3.27. The minimum atomic E-state index is -0.985. The fraction of sp³-hybridized carbons (Fsp3) is 0.467. The highest BCUT2D eigenvalue weighted by molar-refractivity contribution is 5.92. The van der Waals surface area contributed by atoms with Crippen molar-refractivity contribution in [2.45, 2.75) is 32.9 Å². The number of aromatic nitrogens is 2. The van der Waals surface area contributed by atoms with Crippen LogP contribution in [0.2, 0.25) is 0 Å². The largest absolute Gasteiger partial charge is 0.478 e. The summed E-state index contributed by atoms with van der Waals surface area (Å²) in [4.78, 5) is 15.4. The molecule has 0 saturated carbocycles. The Morgan fingerprint density at radius 2 is 2.24 bits per heavy atom. The van der Waals surface area contributed by atoms with Gasteiger partial charge in [-0.25, -0.2) is 9.78 Å². The van der Waals surface area contributed by atoms with Gasteiger partial charge in [0.25, 0.3) is 0 Å². The minimum Gasteiger partial charge on any atom is -0.478 e. The molecule has 1 aromatic carbocycles. The molecule has 0 aliphatic carbocycles. The van der Waals surface area contributed by atoms with E-state index in [1.807, 2.05) is 11.5 Å². The summed E-state index contributed by atoms with van der Waals surface area (Å²) in [5.74, 6) is -0.439. The van der Waals surface area contributed by atoms with Crippen molar-refractivity contribution in [2.75, 3.05) is 13.2 Å². The van der Waals surface area contributed by atoms with Gasteiger partial charge >= 0.3 is 5.97 Å². The number of aryl methyl sites for hydroxylation is 1. The Labute approximate surface area is 123 Å². The van der Waals surface area contributed by atoms with Crippen LogP contribution >= 0.6 is 0 Å². The maximum Gasteiger partial charge on any atom is 0.335 e. The Bertz CT molecular complexity index is 634. The van der Waals surface area contributed by atoms with Crippen molar-refractivity contribution in [3.05, 3.63) is 29.6 Å². The third kappa shape index (κ3) is 3.40. The lowest BCUT2D eigenvalue weighted by Crippen LogP contribution is -2.09. The SMILES string of the molecule is CCOCCCn1c(C(C)O)nc2cc(C(=O)O)ccc21. The summed E-state index contributed by atoms with van der Waals surface area (Å²) >= 11 is 0. The van der Waals surface area contributed by atoms with Gasteiger partial charge in [-0.05, 0) is 38.5 Å². The third-order valence-electron chi connectivity index (χ3n) is 3.27. The number of aliphatic hydroxyl groups is 1. The highest BCUT2D eigenvalue weighted by atomic mass is 16.5. The van der Waals surface area contributed by atoms with Crippen molar-refractivity contribution in [2.24, 2.45) is 0 Å². The zero-order valence-corrected chi connectivity index (χ0v) is 12.2. The number of imidazole rings is 1. The number of carboxylic acids is 1. The number of benzene rings is 1. The van der Waals surface area contributed by atoms with Crippen LogP contribution in [0.1, 0.15) is 42.6 Å². The first kappa shape index (κ1) is 15.5. The molecule has 6 nitrogen and oxygen atoms in total. The number of aliphatic hydroxyl groups excluding tert-OH is 1. The van der Waals surface area contributed by atoms with Crippen LogP contribution < -0.4 is 0 Å². The van der Waals surface area contributed by atoms with Crippen LogP contribution in [-0.4, -0.2) is 38.9 Å². The molecule has 21 heavy (non-hydrogen) atoms. The van der Waals surface area contributed by atoms with Crippen LogP contribution in [-0.2, 0) is 11.3 Å². The molecule has 0 amide bonds. The van der Waals surface area contributed by atoms with Crippen molar-refractivity contribution in [3.8, 4) is 0 Å². The first-order chi connectivity index (χ1) is 10.0. The number of nitrogens with zero attached hydrogens (tertiary/aromatic N) is 2. The molecule has 0 spiro atoms. The summed E-state index contributed by atoms with van der Waals surface area (Å²) in [5.41, 5.74) is 1.60. The van der Waals surface area contributed by atoms with Gasteiger partial charge in [0.1, 0.15) is 11.9 Å². The van der Waals surface area contributed by atoms with E-state index in [0.29, 0.717) is 31.1 Å². The summed E-state index contributed by atoms with van der Waals surface area (Å²) in [6.45, 7) is 5.58. The smallest absolute Gasteiger partial charge is 0.335 e. The second-order valence-electron chi connectivity index (χ2n) is 4.86. The van der Waals surface area contributed by atoms with Gasteiger partial charge in [0.2, 0.25) is 0 Å². The molecule has 1 atom stereocenters. The summed E-state index contributed by atoms with van der Waals surface area (Å²) in [5, 5.41) is 18.9. The molecule has 1 unspecified atom stereocenters. The van der Waals surface area contributed by atoms with Crippen molar-refractivity contribution >= 4 is 17.0 Å². The number of hydrogen-bond acceptors (Lipinski definition) is 4. The van der Waals surface area contributed by atoms with Gasteiger partial charge in [-0.3, -0.25) is 0 Å². The van der Waals surface area contributed by atoms with E-state index in [4.69, 9.17) is 9.84 Å². The van der Waals surface area contributed by atoms with Crippen molar-refractivity contribution in [1.29, 1.82) is 0 Å². The van der Waals surface area contributed by atoms with Gasteiger partial charge < -0.3 is 19.5 Å². The first-order valence-electron chi connectivity index (χ1n) is 7.04. The summed E-state index contributed by atoms with van der Waals surface area (Å²) in [6, 6.07) is 4.82. The predicted molar refractivity (Wildman–Crippen MR) is 78.4 cm³/mol. The van der Waals surface area contributed by atoms with E-state index in [0.717, 1.165) is 11.9 Å². The quantitative estimate of drug-likeness (QED) is 0.764. The Hall–Kier alpha value is -1.92. The number of carboxylic acid groups (broad SMARTS) is 1. The van der Waals surface area contributed by atoms with E-state index in [2.05, 4.69) is 4.98 Å². The molecular weight excluding hydrogens is 272 g/mol.